The van der Waals surface area contributed by atoms with Crippen molar-refractivity contribution in [2.75, 3.05) is 25.4 Å². The Bertz CT molecular complexity index is 291. The van der Waals surface area contributed by atoms with Crippen LogP contribution in [0.3, 0.4) is 0 Å². The minimum Gasteiger partial charge on any atom is -0.392 e. The van der Waals surface area contributed by atoms with Gasteiger partial charge in [-0.25, -0.2) is 0 Å². The van der Waals surface area contributed by atoms with Crippen molar-refractivity contribution in [3.63, 3.8) is 0 Å². The maximum Gasteiger partial charge on any atom is 0.0679 e. The van der Waals surface area contributed by atoms with Gasteiger partial charge in [0.2, 0.25) is 0 Å². The number of benzene rings is 1. The molecule has 1 aromatic rings. The zero-order valence-electron chi connectivity index (χ0n) is 8.80. The van der Waals surface area contributed by atoms with Gasteiger partial charge in [0.15, 0.2) is 0 Å². The van der Waals surface area contributed by atoms with E-state index in [0.717, 1.165) is 31.8 Å². The van der Waals surface area contributed by atoms with Crippen LogP contribution in [0.15, 0.2) is 35.2 Å². The predicted molar refractivity (Wildman–Crippen MR) is 64.2 cm³/mol. The third-order valence-corrected chi connectivity index (χ3v) is 3.66. The van der Waals surface area contributed by atoms with E-state index in [1.54, 1.807) is 0 Å². The molecule has 1 unspecified atom stereocenters. The summed E-state index contributed by atoms with van der Waals surface area (Å²) >= 11 is 1.89. The zero-order valence-corrected chi connectivity index (χ0v) is 9.62. The van der Waals surface area contributed by atoms with Crippen LogP contribution >= 0.6 is 11.8 Å². The molecular formula is C12H17NOS. The summed E-state index contributed by atoms with van der Waals surface area (Å²) in [5, 5.41) is 9.37. The third kappa shape index (κ3) is 3.52. The summed E-state index contributed by atoms with van der Waals surface area (Å²) in [4.78, 5) is 3.66. The van der Waals surface area contributed by atoms with Crippen LogP contribution in [0.5, 0.6) is 0 Å². The van der Waals surface area contributed by atoms with E-state index >= 15 is 0 Å². The topological polar surface area (TPSA) is 23.5 Å². The van der Waals surface area contributed by atoms with Crippen LogP contribution in [0.4, 0.5) is 0 Å². The van der Waals surface area contributed by atoms with Gasteiger partial charge in [0.25, 0.3) is 0 Å². The number of aliphatic hydroxyl groups excluding tert-OH is 1. The lowest BCUT2D eigenvalue weighted by atomic mass is 10.3. The Hall–Kier alpha value is -0.510. The summed E-state index contributed by atoms with van der Waals surface area (Å²) in [6.45, 7) is 2.99. The van der Waals surface area contributed by atoms with Gasteiger partial charge in [-0.05, 0) is 18.6 Å². The van der Waals surface area contributed by atoms with E-state index in [2.05, 4.69) is 29.2 Å². The summed E-state index contributed by atoms with van der Waals surface area (Å²) in [7, 11) is 0. The summed E-state index contributed by atoms with van der Waals surface area (Å²) in [5.74, 6) is 1.11. The van der Waals surface area contributed by atoms with Crippen molar-refractivity contribution in [3.8, 4) is 0 Å². The summed E-state index contributed by atoms with van der Waals surface area (Å²) in [6.07, 6.45) is 0.849. The number of thioether (sulfide) groups is 1. The molecule has 0 amide bonds. The Balaban J connectivity index is 1.67. The summed E-state index contributed by atoms with van der Waals surface area (Å²) in [6, 6.07) is 10.5. The molecule has 0 radical (unpaired) electrons. The van der Waals surface area contributed by atoms with Gasteiger partial charge in [0.1, 0.15) is 0 Å². The van der Waals surface area contributed by atoms with E-state index in [1.165, 1.54) is 4.90 Å². The Morgan fingerprint density at radius 3 is 2.80 bits per heavy atom. The first kappa shape index (κ1) is 11.0. The highest BCUT2D eigenvalue weighted by molar-refractivity contribution is 7.99. The first-order valence-corrected chi connectivity index (χ1v) is 6.41. The first-order valence-electron chi connectivity index (χ1n) is 5.43. The Kier molecular flexibility index (Phi) is 4.06. The minimum absolute atomic E-state index is 0.0910. The molecule has 2 rings (SSSR count). The van der Waals surface area contributed by atoms with Crippen molar-refractivity contribution in [1.29, 1.82) is 0 Å². The Morgan fingerprint density at radius 2 is 2.13 bits per heavy atom. The van der Waals surface area contributed by atoms with E-state index < -0.39 is 0 Å². The van der Waals surface area contributed by atoms with E-state index in [0.29, 0.717) is 0 Å². The largest absolute Gasteiger partial charge is 0.392 e. The van der Waals surface area contributed by atoms with Crippen LogP contribution in [0.25, 0.3) is 0 Å². The number of rotatable bonds is 4. The van der Waals surface area contributed by atoms with E-state index in [1.807, 2.05) is 17.8 Å². The smallest absolute Gasteiger partial charge is 0.0679 e. The monoisotopic (exact) mass is 223 g/mol. The fourth-order valence-corrected chi connectivity index (χ4v) is 2.76. The molecule has 1 atom stereocenters. The van der Waals surface area contributed by atoms with Gasteiger partial charge in [-0.1, -0.05) is 18.2 Å². The van der Waals surface area contributed by atoms with Gasteiger partial charge in [-0.2, -0.15) is 0 Å². The number of nitrogens with zero attached hydrogens (tertiary/aromatic N) is 1. The lowest BCUT2D eigenvalue weighted by Crippen LogP contribution is -2.24. The van der Waals surface area contributed by atoms with Crippen molar-refractivity contribution in [2.45, 2.75) is 17.4 Å². The van der Waals surface area contributed by atoms with Crippen molar-refractivity contribution in [2.24, 2.45) is 0 Å². The highest BCUT2D eigenvalue weighted by Gasteiger charge is 2.19. The molecule has 0 aliphatic carbocycles. The third-order valence-electron chi connectivity index (χ3n) is 2.67. The number of hydrogen-bond donors (Lipinski definition) is 1. The summed E-state index contributed by atoms with van der Waals surface area (Å²) < 4.78 is 0. The lowest BCUT2D eigenvalue weighted by Gasteiger charge is -2.13. The second-order valence-corrected chi connectivity index (χ2v) is 5.07. The van der Waals surface area contributed by atoms with Crippen molar-refractivity contribution < 1.29 is 5.11 Å². The molecule has 82 valence electrons. The molecular weight excluding hydrogens is 206 g/mol. The van der Waals surface area contributed by atoms with Crippen LogP contribution in [0, 0.1) is 0 Å². The molecule has 1 N–H and O–H groups in total. The molecule has 3 heteroatoms. The molecule has 1 aromatic carbocycles. The van der Waals surface area contributed by atoms with Gasteiger partial charge in [0, 0.05) is 30.3 Å². The van der Waals surface area contributed by atoms with Crippen LogP contribution in [0.2, 0.25) is 0 Å². The minimum atomic E-state index is -0.0910. The van der Waals surface area contributed by atoms with Gasteiger partial charge in [-0.3, -0.25) is 4.90 Å². The first-order chi connectivity index (χ1) is 7.34. The van der Waals surface area contributed by atoms with E-state index in [9.17, 15) is 5.11 Å². The Labute approximate surface area is 95.3 Å². The van der Waals surface area contributed by atoms with E-state index in [4.69, 9.17) is 0 Å². The molecule has 1 aliphatic heterocycles. The maximum absolute atomic E-state index is 9.37. The molecule has 1 heterocycles. The zero-order chi connectivity index (χ0) is 10.5. The van der Waals surface area contributed by atoms with Crippen LogP contribution in [-0.2, 0) is 0 Å². The van der Waals surface area contributed by atoms with E-state index in [-0.39, 0.29) is 6.10 Å². The van der Waals surface area contributed by atoms with Gasteiger partial charge in [0.05, 0.1) is 6.10 Å². The highest BCUT2D eigenvalue weighted by Crippen LogP contribution is 2.18. The molecule has 0 spiro atoms. The standard InChI is InChI=1S/C12H17NOS/c14-11-6-7-13(10-11)8-9-15-12-4-2-1-3-5-12/h1-5,11,14H,6-10H2. The second kappa shape index (κ2) is 5.54. The highest BCUT2D eigenvalue weighted by atomic mass is 32.2. The number of β-amino-alcohol motifs (C(OH)–C–C–N with tert-alkyl or cyclic N) is 1. The van der Waals surface area contributed by atoms with Crippen LogP contribution in [0.1, 0.15) is 6.42 Å². The average molecular weight is 223 g/mol. The van der Waals surface area contributed by atoms with Crippen molar-refractivity contribution >= 4 is 11.8 Å². The fraction of sp³-hybridized carbons (Fsp3) is 0.500. The Morgan fingerprint density at radius 1 is 1.33 bits per heavy atom. The van der Waals surface area contributed by atoms with Crippen LogP contribution < -0.4 is 0 Å². The molecule has 1 saturated heterocycles. The predicted octanol–water partition coefficient (Wildman–Crippen LogP) is 1.85. The average Bonchev–Trinajstić information content (AvgIpc) is 2.66. The maximum atomic E-state index is 9.37. The van der Waals surface area contributed by atoms with Gasteiger partial charge >= 0.3 is 0 Å². The number of aliphatic hydroxyl groups is 1. The lowest BCUT2D eigenvalue weighted by molar-refractivity contribution is 0.178. The van der Waals surface area contributed by atoms with Crippen LogP contribution in [-0.4, -0.2) is 41.5 Å². The molecule has 0 bridgehead atoms. The molecule has 1 fully saturated rings. The molecule has 1 aliphatic rings. The quantitative estimate of drug-likeness (QED) is 0.788. The van der Waals surface area contributed by atoms with Crippen molar-refractivity contribution in [3.05, 3.63) is 30.3 Å². The molecule has 0 saturated carbocycles. The van der Waals surface area contributed by atoms with Gasteiger partial charge < -0.3 is 5.11 Å². The SMILES string of the molecule is OC1CCN(CCSc2ccccc2)C1. The fourth-order valence-electron chi connectivity index (χ4n) is 1.82. The molecule has 0 aromatic heterocycles. The molecule has 2 nitrogen and oxygen atoms in total. The normalized spacial score (nSPS) is 22.1. The van der Waals surface area contributed by atoms with Gasteiger partial charge in [-0.15, -0.1) is 11.8 Å². The second-order valence-electron chi connectivity index (χ2n) is 3.90. The number of likely N-dealkylation sites (tertiary alicyclic amines) is 1. The molecule has 15 heavy (non-hydrogen) atoms. The summed E-state index contributed by atoms with van der Waals surface area (Å²) in [5.41, 5.74) is 0. The number of hydrogen-bond acceptors (Lipinski definition) is 3. The van der Waals surface area contributed by atoms with Crippen molar-refractivity contribution in [1.82, 2.24) is 4.90 Å².